The van der Waals surface area contributed by atoms with Gasteiger partial charge in [-0.05, 0) is 184 Å². The van der Waals surface area contributed by atoms with Crippen LogP contribution in [-0.2, 0) is 10.8 Å². The first-order valence-corrected chi connectivity index (χ1v) is 33.0. The van der Waals surface area contributed by atoms with Crippen LogP contribution in [0.4, 0.5) is 34.1 Å². The molecule has 0 amide bonds. The molecule has 4 nitrogen and oxygen atoms in total. The van der Waals surface area contributed by atoms with E-state index in [1.165, 1.54) is 43.8 Å². The highest BCUT2D eigenvalue weighted by Crippen LogP contribution is 2.55. The summed E-state index contributed by atoms with van der Waals surface area (Å²) in [6.45, 7) is 15.1. The van der Waals surface area contributed by atoms with Gasteiger partial charge in [-0.2, -0.15) is 0 Å². The number of aromatic nitrogens is 2. The van der Waals surface area contributed by atoms with Gasteiger partial charge in [0.15, 0.2) is 0 Å². The lowest BCUT2D eigenvalue weighted by atomic mass is 9.33. The summed E-state index contributed by atoms with van der Waals surface area (Å²) in [7, 11) is 0. The normalized spacial score (nSPS) is 13.5. The maximum absolute atomic E-state index is 9.85. The Bertz CT molecular complexity index is 5210. The standard InChI is InChI=1S/C89H73BN4/c1-56-38-44-79-73(46-56)67-34-22-24-36-77(67)91(79)65-40-42-75-81(54-65)93(86-69(59-26-14-10-15-27-59)50-63(88(4,5)6)51-70(86)60-28-16-11-17-29-60)83-48-58(3)49-84-85(83)90(75)76-43-41-66(92-78-37-25-23-35-68(78)74-47-57(2)39-45-80(74)92)55-82(76)94(84)87-71(61-30-18-12-19-31-61)52-64(89(7,8)9)53-72(87)62-32-20-13-21-33-62/h10-55H,1-9H3/i3D3. The summed E-state index contributed by atoms with van der Waals surface area (Å²) in [5, 5.41) is 4.74. The molecule has 0 fully saturated rings. The number of benzene rings is 13. The Hall–Kier alpha value is -10.9. The fourth-order valence-corrected chi connectivity index (χ4v) is 15.4. The Labute approximate surface area is 556 Å². The van der Waals surface area contributed by atoms with Gasteiger partial charge in [-0.15, -0.1) is 0 Å². The maximum Gasteiger partial charge on any atom is 0.252 e. The third-order valence-electron chi connectivity index (χ3n) is 19.9. The van der Waals surface area contributed by atoms with Gasteiger partial charge < -0.3 is 18.9 Å². The summed E-state index contributed by atoms with van der Waals surface area (Å²) in [4.78, 5) is 4.96. The van der Waals surface area contributed by atoms with E-state index in [0.29, 0.717) is 0 Å². The number of nitrogens with zero attached hydrogens (tertiary/aromatic N) is 4. The molecule has 0 saturated heterocycles. The Kier molecular flexibility index (Phi) is 12.4. The van der Waals surface area contributed by atoms with E-state index in [9.17, 15) is 4.11 Å². The van der Waals surface area contributed by atoms with E-state index in [-0.39, 0.29) is 16.4 Å². The largest absolute Gasteiger partial charge is 0.310 e. The summed E-state index contributed by atoms with van der Waals surface area (Å²) in [6.07, 6.45) is 0. The van der Waals surface area contributed by atoms with E-state index >= 15 is 0 Å². The van der Waals surface area contributed by atoms with Gasteiger partial charge in [0.2, 0.25) is 0 Å². The van der Waals surface area contributed by atoms with Gasteiger partial charge in [-0.25, -0.2) is 0 Å². The topological polar surface area (TPSA) is 16.3 Å². The number of fused-ring (bicyclic) bond motifs is 10. The molecule has 17 rings (SSSR count). The van der Waals surface area contributed by atoms with E-state index in [4.69, 9.17) is 0 Å². The molecule has 0 saturated carbocycles. The van der Waals surface area contributed by atoms with Crippen LogP contribution in [0.25, 0.3) is 99.5 Å². The molecule has 5 heteroatoms. The Balaban J connectivity index is 1.07. The fourth-order valence-electron chi connectivity index (χ4n) is 15.4. The van der Waals surface area contributed by atoms with Crippen LogP contribution in [0.15, 0.2) is 279 Å². The summed E-state index contributed by atoms with van der Waals surface area (Å²) in [5.74, 6) is 0. The van der Waals surface area contributed by atoms with Crippen LogP contribution in [-0.4, -0.2) is 15.8 Å². The second-order valence-electron chi connectivity index (χ2n) is 28.1. The summed E-state index contributed by atoms with van der Waals surface area (Å²) < 4.78 is 34.4. The molecule has 13 aromatic carbocycles. The van der Waals surface area contributed by atoms with E-state index in [2.05, 4.69) is 341 Å². The summed E-state index contributed by atoms with van der Waals surface area (Å²) >= 11 is 0. The Morgan fingerprint density at radius 3 is 1.00 bits per heavy atom. The van der Waals surface area contributed by atoms with Crippen molar-refractivity contribution in [3.05, 3.63) is 307 Å². The number of anilines is 6. The van der Waals surface area contributed by atoms with Crippen LogP contribution in [0, 0.1) is 20.7 Å². The minimum absolute atomic E-state index is 0.243. The van der Waals surface area contributed by atoms with E-state index in [0.717, 1.165) is 128 Å². The van der Waals surface area contributed by atoms with Crippen LogP contribution in [0.3, 0.4) is 0 Å². The highest BCUT2D eigenvalue weighted by Gasteiger charge is 2.46. The molecule has 0 aliphatic carbocycles. The van der Waals surface area contributed by atoms with Gasteiger partial charge >= 0.3 is 0 Å². The SMILES string of the molecule is [2H]C([2H])([2H])c1cc2c3c(c1)N(c1c(-c4ccccc4)cc(C(C)(C)C)cc1-c1ccccc1)c1cc(-n4c5ccccc5c5cc(C)ccc54)ccc1B3c1ccc(-n3c4ccccc4c4cc(C)ccc43)cc1N2c1c(-c2ccccc2)cc(C(C)(C)C)cc1-c1ccccc1. The third-order valence-corrected chi connectivity index (χ3v) is 19.9. The second-order valence-corrected chi connectivity index (χ2v) is 28.1. The zero-order chi connectivity index (χ0) is 66.4. The van der Waals surface area contributed by atoms with E-state index in [1.54, 1.807) is 0 Å². The first-order valence-electron chi connectivity index (χ1n) is 34.5. The zero-order valence-electron chi connectivity index (χ0n) is 57.4. The molecule has 2 aliphatic rings. The molecule has 15 aromatic rings. The number of aryl methyl sites for hydroxylation is 3. The first kappa shape index (κ1) is 53.8. The molecule has 2 aliphatic heterocycles. The second kappa shape index (κ2) is 21.6. The Morgan fingerprint density at radius 1 is 0.309 bits per heavy atom. The zero-order valence-corrected chi connectivity index (χ0v) is 54.4. The van der Waals surface area contributed by atoms with Crippen molar-refractivity contribution in [1.29, 1.82) is 0 Å². The van der Waals surface area contributed by atoms with Crippen molar-refractivity contribution in [3.8, 4) is 55.9 Å². The van der Waals surface area contributed by atoms with Crippen LogP contribution in [0.5, 0.6) is 0 Å². The lowest BCUT2D eigenvalue weighted by Crippen LogP contribution is -2.61. The van der Waals surface area contributed by atoms with Gasteiger partial charge in [0.05, 0.1) is 33.4 Å². The highest BCUT2D eigenvalue weighted by atomic mass is 15.2. The van der Waals surface area contributed by atoms with Crippen molar-refractivity contribution < 1.29 is 4.11 Å². The van der Waals surface area contributed by atoms with Crippen molar-refractivity contribution >= 4 is 101 Å². The summed E-state index contributed by atoms with van der Waals surface area (Å²) in [6, 6.07) is 102. The molecule has 0 spiro atoms. The molecular formula is C89H73BN4. The smallest absolute Gasteiger partial charge is 0.252 e. The van der Waals surface area contributed by atoms with Gasteiger partial charge in [0.1, 0.15) is 0 Å². The van der Waals surface area contributed by atoms with Gasteiger partial charge in [0.25, 0.3) is 6.71 Å². The lowest BCUT2D eigenvalue weighted by Gasteiger charge is -2.46. The van der Waals surface area contributed by atoms with Gasteiger partial charge in [0, 0.05) is 82.0 Å². The average molecular weight is 1210 g/mol. The average Bonchev–Trinajstić information content (AvgIpc) is 0.742. The minimum Gasteiger partial charge on any atom is -0.310 e. The highest BCUT2D eigenvalue weighted by molar-refractivity contribution is 7.00. The quantitative estimate of drug-likeness (QED) is 0.141. The predicted molar refractivity (Wildman–Crippen MR) is 402 cm³/mol. The van der Waals surface area contributed by atoms with Crippen LogP contribution < -0.4 is 26.2 Å². The minimum atomic E-state index is -2.56. The number of hydrogen-bond acceptors (Lipinski definition) is 2. The van der Waals surface area contributed by atoms with Crippen molar-refractivity contribution in [3.63, 3.8) is 0 Å². The molecule has 0 N–H and O–H groups in total. The van der Waals surface area contributed by atoms with Crippen molar-refractivity contribution in [1.82, 2.24) is 9.13 Å². The molecule has 2 aromatic heterocycles. The monoisotopic (exact) mass is 1210 g/mol. The number of para-hydroxylation sites is 2. The van der Waals surface area contributed by atoms with Crippen molar-refractivity contribution in [2.75, 3.05) is 9.80 Å². The lowest BCUT2D eigenvalue weighted by molar-refractivity contribution is 0.590. The summed E-state index contributed by atoms with van der Waals surface area (Å²) in [5.41, 5.74) is 28.0. The first-order chi connectivity index (χ1) is 46.9. The molecule has 0 bridgehead atoms. The Morgan fingerprint density at radius 2 is 0.649 bits per heavy atom. The van der Waals surface area contributed by atoms with E-state index < -0.39 is 13.6 Å². The van der Waals surface area contributed by atoms with Gasteiger partial charge in [-0.1, -0.05) is 235 Å². The number of rotatable bonds is 8. The molecule has 0 atom stereocenters. The molecule has 0 radical (unpaired) electrons. The van der Waals surface area contributed by atoms with E-state index in [1.807, 2.05) is 12.1 Å². The van der Waals surface area contributed by atoms with Crippen molar-refractivity contribution in [2.24, 2.45) is 0 Å². The van der Waals surface area contributed by atoms with Gasteiger partial charge in [-0.3, -0.25) is 0 Å². The maximum atomic E-state index is 9.85. The number of hydrogen-bond donors (Lipinski definition) is 0. The third kappa shape index (κ3) is 9.11. The fraction of sp³-hybridized carbons (Fsp3) is 0.124. The molecule has 94 heavy (non-hydrogen) atoms. The molecule has 452 valence electrons. The van der Waals surface area contributed by atoms with Crippen molar-refractivity contribution in [2.45, 2.75) is 73.1 Å². The van der Waals surface area contributed by atoms with Crippen LogP contribution >= 0.6 is 0 Å². The van der Waals surface area contributed by atoms with Crippen LogP contribution in [0.2, 0.25) is 0 Å². The molecular weight excluding hydrogens is 1140 g/mol. The molecule has 4 heterocycles. The molecule has 0 unspecified atom stereocenters. The predicted octanol–water partition coefficient (Wildman–Crippen LogP) is 22.2. The van der Waals surface area contributed by atoms with Crippen LogP contribution in [0.1, 0.15) is 73.5 Å².